The molecule has 1 heterocycles. The topological polar surface area (TPSA) is 24.9 Å². The summed E-state index contributed by atoms with van der Waals surface area (Å²) in [5, 5.41) is 4.31. The summed E-state index contributed by atoms with van der Waals surface area (Å²) in [6, 6.07) is 10.9. The van der Waals surface area contributed by atoms with Crippen molar-refractivity contribution < 1.29 is 0 Å². The molecule has 0 aliphatic carbocycles. The molecular formula is C18H23ClN2. The number of hydrogen-bond donors (Lipinski definition) is 1. The van der Waals surface area contributed by atoms with Crippen molar-refractivity contribution in [2.24, 2.45) is 0 Å². The molecule has 2 nitrogen and oxygen atoms in total. The van der Waals surface area contributed by atoms with Crippen LogP contribution in [0.1, 0.15) is 49.4 Å². The van der Waals surface area contributed by atoms with Crippen LogP contribution in [0.2, 0.25) is 5.02 Å². The molecule has 112 valence electrons. The van der Waals surface area contributed by atoms with Gasteiger partial charge >= 0.3 is 0 Å². The van der Waals surface area contributed by atoms with Crippen LogP contribution in [-0.2, 0) is 6.42 Å². The van der Waals surface area contributed by atoms with Gasteiger partial charge in [-0.3, -0.25) is 4.98 Å². The zero-order valence-electron chi connectivity index (χ0n) is 12.8. The molecule has 1 N–H and O–H groups in total. The van der Waals surface area contributed by atoms with Crippen LogP contribution in [0.15, 0.2) is 42.7 Å². The number of nitrogens with zero attached hydrogens (tertiary/aromatic N) is 1. The van der Waals surface area contributed by atoms with Gasteiger partial charge in [0.05, 0.1) is 11.1 Å². The van der Waals surface area contributed by atoms with Crippen LogP contribution in [0.25, 0.3) is 0 Å². The van der Waals surface area contributed by atoms with Gasteiger partial charge in [-0.1, -0.05) is 56.1 Å². The quantitative estimate of drug-likeness (QED) is 0.796. The molecule has 2 aromatic rings. The standard InChI is InChI=1S/C18H23ClN2/c1-3-6-14-7-5-8-15(12-14)18(21-10-4-2)16-9-11-20-13-17(16)19/h5,7-9,11-13,18,21H,3-4,6,10H2,1-2H3. The Hall–Kier alpha value is -1.38. The lowest BCUT2D eigenvalue weighted by atomic mass is 9.96. The summed E-state index contributed by atoms with van der Waals surface area (Å²) in [4.78, 5) is 4.09. The molecule has 0 saturated carbocycles. The Balaban J connectivity index is 2.36. The Morgan fingerprint density at radius 1 is 1.19 bits per heavy atom. The van der Waals surface area contributed by atoms with E-state index in [-0.39, 0.29) is 6.04 Å². The number of halogens is 1. The fraction of sp³-hybridized carbons (Fsp3) is 0.389. The maximum Gasteiger partial charge on any atom is 0.0640 e. The summed E-state index contributed by atoms with van der Waals surface area (Å²) in [6.07, 6.45) is 6.88. The van der Waals surface area contributed by atoms with Crippen molar-refractivity contribution in [1.29, 1.82) is 0 Å². The van der Waals surface area contributed by atoms with Gasteiger partial charge in [-0.05, 0) is 42.1 Å². The van der Waals surface area contributed by atoms with E-state index in [1.165, 1.54) is 11.1 Å². The first-order chi connectivity index (χ1) is 10.3. The van der Waals surface area contributed by atoms with Gasteiger partial charge < -0.3 is 5.32 Å². The van der Waals surface area contributed by atoms with E-state index < -0.39 is 0 Å². The van der Waals surface area contributed by atoms with Crippen LogP contribution in [0.3, 0.4) is 0 Å². The van der Waals surface area contributed by atoms with Gasteiger partial charge in [-0.15, -0.1) is 0 Å². The Bertz CT molecular complexity index is 569. The first-order valence-corrected chi connectivity index (χ1v) is 8.05. The largest absolute Gasteiger partial charge is 0.306 e. The molecule has 1 atom stereocenters. The van der Waals surface area contributed by atoms with E-state index in [0.29, 0.717) is 5.02 Å². The third-order valence-electron chi connectivity index (χ3n) is 3.54. The van der Waals surface area contributed by atoms with Crippen LogP contribution in [0.5, 0.6) is 0 Å². The van der Waals surface area contributed by atoms with Crippen molar-refractivity contribution in [3.05, 3.63) is 64.4 Å². The maximum atomic E-state index is 6.35. The van der Waals surface area contributed by atoms with Gasteiger partial charge in [-0.2, -0.15) is 0 Å². The molecular weight excluding hydrogens is 280 g/mol. The molecule has 1 aromatic carbocycles. The van der Waals surface area contributed by atoms with Crippen molar-refractivity contribution in [3.63, 3.8) is 0 Å². The highest BCUT2D eigenvalue weighted by Gasteiger charge is 2.16. The Morgan fingerprint density at radius 2 is 2.05 bits per heavy atom. The predicted molar refractivity (Wildman–Crippen MR) is 89.8 cm³/mol. The first-order valence-electron chi connectivity index (χ1n) is 7.67. The third kappa shape index (κ3) is 4.29. The molecule has 3 heteroatoms. The Kier molecular flexibility index (Phi) is 6.21. The van der Waals surface area contributed by atoms with E-state index in [0.717, 1.165) is 31.4 Å². The number of benzene rings is 1. The van der Waals surface area contributed by atoms with Crippen LogP contribution >= 0.6 is 11.6 Å². The number of hydrogen-bond acceptors (Lipinski definition) is 2. The van der Waals surface area contributed by atoms with E-state index in [9.17, 15) is 0 Å². The summed E-state index contributed by atoms with van der Waals surface area (Å²) in [5.74, 6) is 0. The molecule has 1 aromatic heterocycles. The van der Waals surface area contributed by atoms with Crippen molar-refractivity contribution >= 4 is 11.6 Å². The number of nitrogens with one attached hydrogen (secondary N) is 1. The van der Waals surface area contributed by atoms with Crippen LogP contribution in [0, 0.1) is 0 Å². The van der Waals surface area contributed by atoms with E-state index in [1.54, 1.807) is 12.4 Å². The molecule has 0 radical (unpaired) electrons. The second-order valence-corrected chi connectivity index (χ2v) is 5.69. The summed E-state index contributed by atoms with van der Waals surface area (Å²) >= 11 is 6.35. The van der Waals surface area contributed by atoms with Crippen LogP contribution < -0.4 is 5.32 Å². The first kappa shape index (κ1) is 16.0. The summed E-state index contributed by atoms with van der Waals surface area (Å²) in [5.41, 5.74) is 3.74. The van der Waals surface area contributed by atoms with Crippen molar-refractivity contribution in [2.45, 2.75) is 39.2 Å². The van der Waals surface area contributed by atoms with E-state index in [1.807, 2.05) is 6.07 Å². The predicted octanol–water partition coefficient (Wildman–Crippen LogP) is 4.78. The number of pyridine rings is 1. The molecule has 21 heavy (non-hydrogen) atoms. The molecule has 0 fully saturated rings. The van der Waals surface area contributed by atoms with Crippen LogP contribution in [-0.4, -0.2) is 11.5 Å². The second kappa shape index (κ2) is 8.16. The average Bonchev–Trinajstić information content (AvgIpc) is 2.50. The highest BCUT2D eigenvalue weighted by Crippen LogP contribution is 2.28. The van der Waals surface area contributed by atoms with Crippen molar-refractivity contribution in [2.75, 3.05) is 6.54 Å². The van der Waals surface area contributed by atoms with Crippen molar-refractivity contribution in [3.8, 4) is 0 Å². The third-order valence-corrected chi connectivity index (χ3v) is 3.85. The molecule has 0 bridgehead atoms. The minimum absolute atomic E-state index is 0.122. The normalized spacial score (nSPS) is 12.3. The maximum absolute atomic E-state index is 6.35. The Labute approximate surface area is 132 Å². The SMILES string of the molecule is CCCNC(c1cccc(CCC)c1)c1ccncc1Cl. The fourth-order valence-electron chi connectivity index (χ4n) is 2.53. The lowest BCUT2D eigenvalue weighted by Crippen LogP contribution is -2.23. The minimum Gasteiger partial charge on any atom is -0.306 e. The number of aryl methyl sites for hydroxylation is 1. The van der Waals surface area contributed by atoms with Gasteiger partial charge in [0, 0.05) is 12.4 Å². The van der Waals surface area contributed by atoms with E-state index in [4.69, 9.17) is 11.6 Å². The number of rotatable bonds is 7. The molecule has 0 aliphatic rings. The molecule has 2 rings (SSSR count). The second-order valence-electron chi connectivity index (χ2n) is 5.28. The van der Waals surface area contributed by atoms with Crippen molar-refractivity contribution in [1.82, 2.24) is 10.3 Å². The molecule has 1 unspecified atom stereocenters. The summed E-state index contributed by atoms with van der Waals surface area (Å²) in [6.45, 7) is 5.34. The lowest BCUT2D eigenvalue weighted by molar-refractivity contribution is 0.597. The van der Waals surface area contributed by atoms with E-state index >= 15 is 0 Å². The summed E-state index contributed by atoms with van der Waals surface area (Å²) < 4.78 is 0. The zero-order valence-corrected chi connectivity index (χ0v) is 13.5. The highest BCUT2D eigenvalue weighted by molar-refractivity contribution is 6.31. The minimum atomic E-state index is 0.122. The van der Waals surface area contributed by atoms with Gasteiger partial charge in [0.2, 0.25) is 0 Å². The highest BCUT2D eigenvalue weighted by atomic mass is 35.5. The van der Waals surface area contributed by atoms with Gasteiger partial charge in [-0.25, -0.2) is 0 Å². The molecule has 0 spiro atoms. The zero-order chi connectivity index (χ0) is 15.1. The van der Waals surface area contributed by atoms with E-state index in [2.05, 4.69) is 48.4 Å². The average molecular weight is 303 g/mol. The fourth-order valence-corrected chi connectivity index (χ4v) is 2.76. The van der Waals surface area contributed by atoms with Gasteiger partial charge in [0.15, 0.2) is 0 Å². The molecule has 0 amide bonds. The van der Waals surface area contributed by atoms with Gasteiger partial charge in [0.25, 0.3) is 0 Å². The Morgan fingerprint density at radius 3 is 2.76 bits per heavy atom. The number of aromatic nitrogens is 1. The van der Waals surface area contributed by atoms with Gasteiger partial charge in [0.1, 0.15) is 0 Å². The summed E-state index contributed by atoms with van der Waals surface area (Å²) in [7, 11) is 0. The van der Waals surface area contributed by atoms with Crippen LogP contribution in [0.4, 0.5) is 0 Å². The molecule has 0 aliphatic heterocycles. The smallest absolute Gasteiger partial charge is 0.0640 e. The molecule has 0 saturated heterocycles. The monoisotopic (exact) mass is 302 g/mol. The lowest BCUT2D eigenvalue weighted by Gasteiger charge is -2.21.